The van der Waals surface area contributed by atoms with Gasteiger partial charge in [0.2, 0.25) is 5.91 Å². The van der Waals surface area contributed by atoms with Gasteiger partial charge in [0.1, 0.15) is 12.7 Å². The summed E-state index contributed by atoms with van der Waals surface area (Å²) in [6.45, 7) is 10.2. The molecule has 0 spiro atoms. The quantitative estimate of drug-likeness (QED) is 0.599. The molecule has 138 valence electrons. The molecule has 0 saturated carbocycles. The predicted octanol–water partition coefficient (Wildman–Crippen LogP) is 3.16. The lowest BCUT2D eigenvalue weighted by Crippen LogP contribution is -2.31. The molecule has 1 amide bonds. The minimum atomic E-state index is -0.979. The summed E-state index contributed by atoms with van der Waals surface area (Å²) >= 11 is 0. The van der Waals surface area contributed by atoms with Gasteiger partial charge in [0, 0.05) is 6.42 Å². The van der Waals surface area contributed by atoms with E-state index in [-0.39, 0.29) is 18.2 Å². The second kappa shape index (κ2) is 10.4. The van der Waals surface area contributed by atoms with Crippen LogP contribution in [0.4, 0.5) is 0 Å². The van der Waals surface area contributed by atoms with Crippen molar-refractivity contribution in [2.24, 2.45) is 11.8 Å². The molecular formula is C18H28N4O3. The maximum Gasteiger partial charge on any atom is 0.307 e. The normalized spacial score (nSPS) is 14.0. The van der Waals surface area contributed by atoms with Gasteiger partial charge in [-0.1, -0.05) is 37.6 Å². The number of hydrogen-bond acceptors (Lipinski definition) is 4. The van der Waals surface area contributed by atoms with Crippen LogP contribution in [0.3, 0.4) is 0 Å². The van der Waals surface area contributed by atoms with Gasteiger partial charge >= 0.3 is 5.97 Å². The van der Waals surface area contributed by atoms with Crippen LogP contribution in [-0.2, 0) is 9.59 Å². The number of rotatable bonds is 11. The first kappa shape index (κ1) is 20.6. The van der Waals surface area contributed by atoms with E-state index in [9.17, 15) is 14.7 Å². The van der Waals surface area contributed by atoms with Crippen LogP contribution in [0.1, 0.15) is 52.9 Å². The van der Waals surface area contributed by atoms with Gasteiger partial charge in [-0.15, -0.1) is 10.2 Å². The molecule has 2 unspecified atom stereocenters. The van der Waals surface area contributed by atoms with E-state index in [0.29, 0.717) is 6.42 Å². The van der Waals surface area contributed by atoms with Crippen LogP contribution in [0.5, 0.6) is 0 Å². The van der Waals surface area contributed by atoms with Crippen molar-refractivity contribution in [1.82, 2.24) is 14.9 Å². The van der Waals surface area contributed by atoms with Crippen molar-refractivity contribution in [2.45, 2.75) is 52.9 Å². The molecular weight excluding hydrogens is 320 g/mol. The molecule has 1 aromatic heterocycles. The smallest absolute Gasteiger partial charge is 0.307 e. The first-order valence-electron chi connectivity index (χ1n) is 8.59. The van der Waals surface area contributed by atoms with Gasteiger partial charge in [-0.3, -0.25) is 15.0 Å². The van der Waals surface area contributed by atoms with Crippen molar-refractivity contribution in [3.8, 4) is 0 Å². The minimum absolute atomic E-state index is 0.116. The third kappa shape index (κ3) is 6.91. The zero-order valence-electron chi connectivity index (χ0n) is 15.2. The van der Waals surface area contributed by atoms with Crippen molar-refractivity contribution in [3.63, 3.8) is 0 Å². The molecule has 2 atom stereocenters. The van der Waals surface area contributed by atoms with Gasteiger partial charge in [-0.25, -0.2) is 4.68 Å². The third-order valence-corrected chi connectivity index (χ3v) is 4.36. The van der Waals surface area contributed by atoms with Gasteiger partial charge in [-0.2, -0.15) is 0 Å². The van der Waals surface area contributed by atoms with Crippen LogP contribution in [-0.4, -0.2) is 31.9 Å². The summed E-state index contributed by atoms with van der Waals surface area (Å²) in [5, 5.41) is 16.8. The molecule has 1 aromatic rings. The fraction of sp³-hybridized carbons (Fsp3) is 0.556. The lowest BCUT2D eigenvalue weighted by Gasteiger charge is -2.24. The molecule has 25 heavy (non-hydrogen) atoms. The number of carbonyl (C=O) groups is 2. The predicted molar refractivity (Wildman–Crippen MR) is 96.3 cm³/mol. The summed E-state index contributed by atoms with van der Waals surface area (Å²) in [5.41, 5.74) is 4.73. The Hall–Kier alpha value is -2.44. The van der Waals surface area contributed by atoms with E-state index < -0.39 is 11.9 Å². The molecule has 7 nitrogen and oxygen atoms in total. The Balaban J connectivity index is 2.70. The maximum atomic E-state index is 12.1. The summed E-state index contributed by atoms with van der Waals surface area (Å²) < 4.78 is 1.30. The Morgan fingerprint density at radius 2 is 1.92 bits per heavy atom. The first-order valence-corrected chi connectivity index (χ1v) is 8.59. The molecule has 2 N–H and O–H groups in total. The number of hydrogen-bond donors (Lipinski definition) is 2. The topological polar surface area (TPSA) is 97.1 Å². The highest BCUT2D eigenvalue weighted by molar-refractivity contribution is 5.87. The van der Waals surface area contributed by atoms with E-state index in [1.807, 2.05) is 6.92 Å². The zero-order chi connectivity index (χ0) is 18.8. The Kier molecular flexibility index (Phi) is 8.60. The summed E-state index contributed by atoms with van der Waals surface area (Å²) in [6.07, 6.45) is 7.93. The maximum absolute atomic E-state index is 12.1. The fourth-order valence-corrected chi connectivity index (χ4v) is 2.74. The van der Waals surface area contributed by atoms with Gasteiger partial charge in [0.05, 0.1) is 5.92 Å². The Morgan fingerprint density at radius 1 is 1.28 bits per heavy atom. The fourth-order valence-electron chi connectivity index (χ4n) is 2.74. The lowest BCUT2D eigenvalue weighted by molar-refractivity contribution is -0.145. The highest BCUT2D eigenvalue weighted by atomic mass is 16.4. The molecule has 0 aromatic carbocycles. The van der Waals surface area contributed by atoms with Crippen molar-refractivity contribution >= 4 is 11.9 Å². The van der Waals surface area contributed by atoms with E-state index in [1.54, 1.807) is 0 Å². The standard InChI is InChI=1S/C18H28N4O3/c1-5-13(3)8-7-9-14(4)15(6-2)16(18(24)25)10-17(23)21-22-11-19-20-12-22/h8,11-12,15-16H,4-7,9-10H2,1-3H3,(H,21,23)(H,24,25). The third-order valence-electron chi connectivity index (χ3n) is 4.36. The average Bonchev–Trinajstić information content (AvgIpc) is 3.07. The zero-order valence-corrected chi connectivity index (χ0v) is 15.2. The number of aromatic nitrogens is 3. The first-order chi connectivity index (χ1) is 11.9. The van der Waals surface area contributed by atoms with Gasteiger partial charge < -0.3 is 5.11 Å². The number of carboxylic acids is 1. The van der Waals surface area contributed by atoms with E-state index in [2.05, 4.69) is 42.1 Å². The molecule has 0 radical (unpaired) electrons. The number of allylic oxidation sites excluding steroid dienone is 3. The van der Waals surface area contributed by atoms with Crippen molar-refractivity contribution in [3.05, 3.63) is 36.5 Å². The van der Waals surface area contributed by atoms with Gasteiger partial charge in [0.25, 0.3) is 0 Å². The summed E-state index contributed by atoms with van der Waals surface area (Å²) in [4.78, 5) is 23.8. The molecule has 0 aliphatic carbocycles. The Bertz CT molecular complexity index is 608. The molecule has 0 aliphatic heterocycles. The van der Waals surface area contributed by atoms with Crippen molar-refractivity contribution in [1.29, 1.82) is 0 Å². The van der Waals surface area contributed by atoms with Crippen LogP contribution in [0.25, 0.3) is 0 Å². The minimum Gasteiger partial charge on any atom is -0.481 e. The highest BCUT2D eigenvalue weighted by Crippen LogP contribution is 2.29. The van der Waals surface area contributed by atoms with Crippen molar-refractivity contribution < 1.29 is 14.7 Å². The molecule has 0 fully saturated rings. The highest BCUT2D eigenvalue weighted by Gasteiger charge is 2.30. The molecule has 7 heteroatoms. The van der Waals surface area contributed by atoms with E-state index in [4.69, 9.17) is 0 Å². The lowest BCUT2D eigenvalue weighted by atomic mass is 9.80. The SMILES string of the molecule is C=C(CCC=C(C)CC)C(CC)C(CC(=O)Nn1cnnc1)C(=O)O. The van der Waals surface area contributed by atoms with Gasteiger partial charge in [0.15, 0.2) is 0 Å². The second-order valence-electron chi connectivity index (χ2n) is 6.17. The van der Waals surface area contributed by atoms with Crippen LogP contribution in [0.15, 0.2) is 36.5 Å². The molecule has 0 aliphatic rings. The molecule has 1 heterocycles. The molecule has 0 bridgehead atoms. The summed E-state index contributed by atoms with van der Waals surface area (Å²) in [6, 6.07) is 0. The largest absolute Gasteiger partial charge is 0.481 e. The number of carboxylic acid groups (broad SMARTS) is 1. The Morgan fingerprint density at radius 3 is 2.44 bits per heavy atom. The number of nitrogens with zero attached hydrogens (tertiary/aromatic N) is 3. The van der Waals surface area contributed by atoms with E-state index in [1.165, 1.54) is 22.9 Å². The Labute approximate surface area is 148 Å². The van der Waals surface area contributed by atoms with Crippen LogP contribution < -0.4 is 5.43 Å². The van der Waals surface area contributed by atoms with Crippen LogP contribution >= 0.6 is 0 Å². The van der Waals surface area contributed by atoms with E-state index >= 15 is 0 Å². The molecule has 0 saturated heterocycles. The second-order valence-corrected chi connectivity index (χ2v) is 6.17. The monoisotopic (exact) mass is 348 g/mol. The summed E-state index contributed by atoms with van der Waals surface area (Å²) in [7, 11) is 0. The van der Waals surface area contributed by atoms with E-state index in [0.717, 1.165) is 24.8 Å². The van der Waals surface area contributed by atoms with Crippen LogP contribution in [0.2, 0.25) is 0 Å². The van der Waals surface area contributed by atoms with Crippen LogP contribution in [0, 0.1) is 11.8 Å². The molecule has 1 rings (SSSR count). The number of aliphatic carboxylic acids is 1. The number of carbonyl (C=O) groups excluding carboxylic acids is 1. The van der Waals surface area contributed by atoms with Crippen molar-refractivity contribution in [2.75, 3.05) is 5.43 Å². The number of amides is 1. The average molecular weight is 348 g/mol. The summed E-state index contributed by atoms with van der Waals surface area (Å²) in [5.74, 6) is -2.41. The van der Waals surface area contributed by atoms with Gasteiger partial charge in [-0.05, 0) is 38.5 Å². The number of nitrogens with one attached hydrogen (secondary N) is 1.